The number of hydrogen-bond donors (Lipinski definition) is 0. The van der Waals surface area contributed by atoms with Gasteiger partial charge in [0.1, 0.15) is 17.5 Å². The Morgan fingerprint density at radius 2 is 1.88 bits per heavy atom. The van der Waals surface area contributed by atoms with E-state index in [1.54, 1.807) is 6.92 Å². The summed E-state index contributed by atoms with van der Waals surface area (Å²) in [7, 11) is 0. The van der Waals surface area contributed by atoms with Crippen molar-refractivity contribution in [3.05, 3.63) is 52.2 Å². The molecule has 1 aromatic heterocycles. The van der Waals surface area contributed by atoms with Crippen LogP contribution in [-0.4, -0.2) is 7.76 Å². The molecule has 2 rings (SSSR count). The van der Waals surface area contributed by atoms with Crippen LogP contribution in [0.1, 0.15) is 5.82 Å². The zero-order valence-electron chi connectivity index (χ0n) is 8.75. The Balaban J connectivity index is 2.78. The summed E-state index contributed by atoms with van der Waals surface area (Å²) < 4.78 is 28.6. The number of nitrogens with zero attached hydrogens (tertiary/aromatic N) is 2. The quantitative estimate of drug-likeness (QED) is 0.743. The van der Waals surface area contributed by atoms with E-state index in [1.165, 1.54) is 15.0 Å². The number of aryl methyl sites for hydroxylation is 1. The summed E-state index contributed by atoms with van der Waals surface area (Å²) in [5.74, 6) is -1.08. The fourth-order valence-electron chi connectivity index (χ4n) is 1.44. The van der Waals surface area contributed by atoms with Crippen LogP contribution >= 0.6 is 22.9 Å². The highest BCUT2D eigenvalue weighted by atomic mass is 127. The van der Waals surface area contributed by atoms with Gasteiger partial charge in [-0.3, -0.25) is 7.58 Å². The van der Waals surface area contributed by atoms with E-state index in [-0.39, 0.29) is 11.1 Å². The molecule has 88 valence electrons. The van der Waals surface area contributed by atoms with Crippen molar-refractivity contribution in [1.82, 2.24) is 7.76 Å². The maximum atomic E-state index is 13.5. The van der Waals surface area contributed by atoms with Crippen LogP contribution in [0.2, 0.25) is 0 Å². The van der Waals surface area contributed by atoms with Gasteiger partial charge < -0.3 is 0 Å². The second kappa shape index (κ2) is 4.52. The molecule has 1 aromatic carbocycles. The third-order valence-corrected chi connectivity index (χ3v) is 3.25. The summed E-state index contributed by atoms with van der Waals surface area (Å²) in [5.41, 5.74) is -1.06. The molecule has 6 heteroatoms. The van der Waals surface area contributed by atoms with E-state index in [4.69, 9.17) is 0 Å². The van der Waals surface area contributed by atoms with E-state index in [0.717, 1.165) is 12.1 Å². The molecule has 0 bridgehead atoms. The van der Waals surface area contributed by atoms with Crippen LogP contribution in [0.15, 0.2) is 29.2 Å². The molecule has 0 atom stereocenters. The van der Waals surface area contributed by atoms with E-state index in [9.17, 15) is 13.6 Å². The van der Waals surface area contributed by atoms with Crippen molar-refractivity contribution in [2.75, 3.05) is 0 Å². The minimum Gasteiger partial charge on any atom is -0.277 e. The highest BCUT2D eigenvalue weighted by molar-refractivity contribution is 14.1. The summed E-state index contributed by atoms with van der Waals surface area (Å²) in [4.78, 5) is 15.3. The van der Waals surface area contributed by atoms with Gasteiger partial charge in [-0.05, 0) is 19.1 Å². The SMILES string of the molecule is Cc1nc(=O)c(-c2c(F)cccc2F)cn1I. The first kappa shape index (κ1) is 12.2. The van der Waals surface area contributed by atoms with Crippen LogP contribution in [0, 0.1) is 18.6 Å². The second-order valence-electron chi connectivity index (χ2n) is 3.41. The van der Waals surface area contributed by atoms with Gasteiger partial charge in [0.05, 0.1) is 34.0 Å². The molecule has 0 fully saturated rings. The lowest BCUT2D eigenvalue weighted by Crippen LogP contribution is -2.15. The topological polar surface area (TPSA) is 34.9 Å². The van der Waals surface area contributed by atoms with Crippen LogP contribution in [-0.2, 0) is 0 Å². The summed E-state index contributed by atoms with van der Waals surface area (Å²) in [6.45, 7) is 1.63. The number of benzene rings is 1. The van der Waals surface area contributed by atoms with Crippen molar-refractivity contribution in [3.63, 3.8) is 0 Å². The predicted octanol–water partition coefficient (Wildman–Crippen LogP) is 2.70. The van der Waals surface area contributed by atoms with E-state index in [1.807, 2.05) is 22.9 Å². The molecule has 0 saturated carbocycles. The van der Waals surface area contributed by atoms with Crippen molar-refractivity contribution in [3.8, 4) is 11.1 Å². The van der Waals surface area contributed by atoms with Crippen LogP contribution in [0.4, 0.5) is 8.78 Å². The van der Waals surface area contributed by atoms with Gasteiger partial charge in [0.2, 0.25) is 0 Å². The molecule has 0 amide bonds. The molecule has 0 aliphatic carbocycles. The molecule has 0 N–H and O–H groups in total. The fraction of sp³-hybridized carbons (Fsp3) is 0.0909. The number of hydrogen-bond acceptors (Lipinski definition) is 2. The third kappa shape index (κ3) is 2.21. The Morgan fingerprint density at radius 1 is 1.29 bits per heavy atom. The molecule has 0 unspecified atom stereocenters. The molecule has 0 spiro atoms. The highest BCUT2D eigenvalue weighted by Gasteiger charge is 2.15. The predicted molar refractivity (Wildman–Crippen MR) is 68.0 cm³/mol. The van der Waals surface area contributed by atoms with E-state index < -0.39 is 17.2 Å². The van der Waals surface area contributed by atoms with Crippen LogP contribution in [0.25, 0.3) is 11.1 Å². The minimum absolute atomic E-state index is 0.0828. The molecule has 0 saturated heterocycles. The van der Waals surface area contributed by atoms with Crippen LogP contribution < -0.4 is 5.56 Å². The summed E-state index contributed by atoms with van der Waals surface area (Å²) in [5, 5.41) is 0. The van der Waals surface area contributed by atoms with Crippen molar-refractivity contribution < 1.29 is 8.78 Å². The summed E-state index contributed by atoms with van der Waals surface area (Å²) in [6.07, 6.45) is 1.37. The second-order valence-corrected chi connectivity index (χ2v) is 4.45. The zero-order chi connectivity index (χ0) is 12.6. The van der Waals surface area contributed by atoms with Gasteiger partial charge >= 0.3 is 0 Å². The Kier molecular flexibility index (Phi) is 3.23. The standard InChI is InChI=1S/C11H7F2IN2O/c1-6-15-11(17)7(5-16(6)14)10-8(12)3-2-4-9(10)13/h2-5H,1H3. The van der Waals surface area contributed by atoms with Gasteiger partial charge in [-0.2, -0.15) is 4.98 Å². The van der Waals surface area contributed by atoms with Gasteiger partial charge in [-0.15, -0.1) is 0 Å². The maximum Gasteiger partial charge on any atom is 0.281 e. The summed E-state index contributed by atoms with van der Waals surface area (Å²) in [6, 6.07) is 3.46. The van der Waals surface area contributed by atoms with Crippen LogP contribution in [0.3, 0.4) is 0 Å². The first-order chi connectivity index (χ1) is 8.00. The van der Waals surface area contributed by atoms with Crippen LogP contribution in [0.5, 0.6) is 0 Å². The lowest BCUT2D eigenvalue weighted by Gasteiger charge is -2.06. The average molecular weight is 348 g/mol. The molecule has 3 nitrogen and oxygen atoms in total. The number of rotatable bonds is 1. The van der Waals surface area contributed by atoms with Gasteiger partial charge in [-0.1, -0.05) is 6.07 Å². The number of aromatic nitrogens is 2. The van der Waals surface area contributed by atoms with Gasteiger partial charge in [0.25, 0.3) is 5.56 Å². The van der Waals surface area contributed by atoms with Crippen molar-refractivity contribution >= 4 is 22.9 Å². The third-order valence-electron chi connectivity index (χ3n) is 2.28. The fourth-order valence-corrected chi connectivity index (χ4v) is 1.83. The van der Waals surface area contributed by atoms with Crippen molar-refractivity contribution in [1.29, 1.82) is 0 Å². The molecular weight excluding hydrogens is 341 g/mol. The molecule has 0 aliphatic heterocycles. The molecular formula is C11H7F2IN2O. The van der Waals surface area contributed by atoms with Gasteiger partial charge in [0, 0.05) is 6.20 Å². The smallest absolute Gasteiger partial charge is 0.277 e. The van der Waals surface area contributed by atoms with Gasteiger partial charge in [0.15, 0.2) is 0 Å². The zero-order valence-corrected chi connectivity index (χ0v) is 10.9. The molecule has 17 heavy (non-hydrogen) atoms. The van der Waals surface area contributed by atoms with E-state index in [0.29, 0.717) is 5.82 Å². The van der Waals surface area contributed by atoms with Crippen molar-refractivity contribution in [2.45, 2.75) is 6.92 Å². The highest BCUT2D eigenvalue weighted by Crippen LogP contribution is 2.23. The summed E-state index contributed by atoms with van der Waals surface area (Å²) >= 11 is 1.89. The molecule has 1 heterocycles. The Hall–Kier alpha value is -1.31. The van der Waals surface area contributed by atoms with E-state index >= 15 is 0 Å². The van der Waals surface area contributed by atoms with Gasteiger partial charge in [-0.25, -0.2) is 8.78 Å². The maximum absolute atomic E-state index is 13.5. The lowest BCUT2D eigenvalue weighted by atomic mass is 10.1. The first-order valence-corrected chi connectivity index (χ1v) is 5.68. The Bertz CT molecular complexity index is 620. The average Bonchev–Trinajstić information content (AvgIpc) is 2.25. The monoisotopic (exact) mass is 348 g/mol. The van der Waals surface area contributed by atoms with E-state index in [2.05, 4.69) is 4.98 Å². The Labute approximate surface area is 110 Å². The minimum atomic E-state index is -0.774. The molecule has 0 aliphatic rings. The largest absolute Gasteiger partial charge is 0.281 e. The first-order valence-electron chi connectivity index (χ1n) is 4.71. The lowest BCUT2D eigenvalue weighted by molar-refractivity contribution is 0.589. The normalized spacial score (nSPS) is 10.6. The number of halogens is 3. The van der Waals surface area contributed by atoms with Crippen molar-refractivity contribution in [2.24, 2.45) is 0 Å². The Morgan fingerprint density at radius 3 is 2.47 bits per heavy atom. The molecule has 2 aromatic rings. The molecule has 0 radical (unpaired) electrons.